The Balaban J connectivity index is 1.77. The molecule has 0 aliphatic rings. The lowest BCUT2D eigenvalue weighted by molar-refractivity contribution is 0.0916. The second-order valence-electron chi connectivity index (χ2n) is 7.12. The van der Waals surface area contributed by atoms with Gasteiger partial charge in [0.05, 0.1) is 6.33 Å². The van der Waals surface area contributed by atoms with Gasteiger partial charge in [-0.3, -0.25) is 4.79 Å². The highest BCUT2D eigenvalue weighted by Crippen LogP contribution is 2.22. The third kappa shape index (κ3) is 4.64. The lowest BCUT2D eigenvalue weighted by Crippen LogP contribution is -2.42. The number of benzene rings is 2. The quantitative estimate of drug-likeness (QED) is 0.663. The van der Waals surface area contributed by atoms with E-state index in [0.29, 0.717) is 5.92 Å². The van der Waals surface area contributed by atoms with E-state index in [2.05, 4.69) is 42.3 Å². The zero-order valence-corrected chi connectivity index (χ0v) is 16.2. The van der Waals surface area contributed by atoms with E-state index < -0.39 is 0 Å². The number of aromatic nitrogens is 2. The molecule has 4 nitrogen and oxygen atoms in total. The van der Waals surface area contributed by atoms with Gasteiger partial charge < -0.3 is 9.88 Å². The van der Waals surface area contributed by atoms with Gasteiger partial charge in [0.25, 0.3) is 5.91 Å². The standard InChI is InChI=1S/C23H27N3O/c1-4-17(2)22(15-26-13-12-24-16-26)25-23(27)21-11-10-20(14-18(21)3)19-8-6-5-7-9-19/h5-14,16-17,22H,4,15H2,1-3H3,(H,25,27)/t17-,22+/m0/s1. The van der Waals surface area contributed by atoms with Crippen LogP contribution < -0.4 is 5.32 Å². The fourth-order valence-electron chi connectivity index (χ4n) is 3.25. The van der Waals surface area contributed by atoms with Crippen LogP contribution in [0.3, 0.4) is 0 Å². The van der Waals surface area contributed by atoms with Crippen molar-refractivity contribution >= 4 is 5.91 Å². The first-order valence-corrected chi connectivity index (χ1v) is 9.51. The van der Waals surface area contributed by atoms with Crippen LogP contribution >= 0.6 is 0 Å². The molecule has 0 radical (unpaired) electrons. The summed E-state index contributed by atoms with van der Waals surface area (Å²) in [6, 6.07) is 16.3. The third-order valence-corrected chi connectivity index (χ3v) is 5.19. The van der Waals surface area contributed by atoms with Crippen molar-refractivity contribution in [1.82, 2.24) is 14.9 Å². The largest absolute Gasteiger partial charge is 0.347 e. The van der Waals surface area contributed by atoms with Crippen molar-refractivity contribution < 1.29 is 4.79 Å². The van der Waals surface area contributed by atoms with Crippen molar-refractivity contribution in [1.29, 1.82) is 0 Å². The van der Waals surface area contributed by atoms with Crippen LogP contribution in [0.1, 0.15) is 36.2 Å². The van der Waals surface area contributed by atoms with Gasteiger partial charge in [-0.05, 0) is 35.6 Å². The number of amides is 1. The topological polar surface area (TPSA) is 46.9 Å². The zero-order valence-electron chi connectivity index (χ0n) is 16.2. The van der Waals surface area contributed by atoms with Crippen molar-refractivity contribution in [3.63, 3.8) is 0 Å². The second kappa shape index (κ2) is 8.67. The van der Waals surface area contributed by atoms with Gasteiger partial charge in [-0.25, -0.2) is 4.98 Å². The summed E-state index contributed by atoms with van der Waals surface area (Å²) in [4.78, 5) is 17.0. The van der Waals surface area contributed by atoms with E-state index in [1.54, 1.807) is 12.5 Å². The molecule has 27 heavy (non-hydrogen) atoms. The Labute approximate surface area is 161 Å². The summed E-state index contributed by atoms with van der Waals surface area (Å²) in [6.45, 7) is 7.04. The molecule has 1 N–H and O–H groups in total. The third-order valence-electron chi connectivity index (χ3n) is 5.19. The smallest absolute Gasteiger partial charge is 0.251 e. The van der Waals surface area contributed by atoms with Crippen LogP contribution in [0, 0.1) is 12.8 Å². The van der Waals surface area contributed by atoms with Crippen LogP contribution in [-0.4, -0.2) is 21.5 Å². The number of hydrogen-bond acceptors (Lipinski definition) is 2. The Bertz CT molecular complexity index is 872. The lowest BCUT2D eigenvalue weighted by Gasteiger charge is -2.25. The Kier molecular flexibility index (Phi) is 6.07. The Morgan fingerprint density at radius 1 is 1.15 bits per heavy atom. The first kappa shape index (κ1) is 18.9. The average Bonchev–Trinajstić information content (AvgIpc) is 3.20. The molecule has 3 rings (SSSR count). The molecule has 1 amide bonds. The Hall–Kier alpha value is -2.88. The van der Waals surface area contributed by atoms with Gasteiger partial charge in [-0.2, -0.15) is 0 Å². The molecule has 1 heterocycles. The monoisotopic (exact) mass is 361 g/mol. The van der Waals surface area contributed by atoms with Crippen LogP contribution in [-0.2, 0) is 6.54 Å². The predicted molar refractivity (Wildman–Crippen MR) is 110 cm³/mol. The van der Waals surface area contributed by atoms with Gasteiger partial charge >= 0.3 is 0 Å². The highest BCUT2D eigenvalue weighted by Gasteiger charge is 2.20. The van der Waals surface area contributed by atoms with Crippen LogP contribution in [0.5, 0.6) is 0 Å². The molecule has 140 valence electrons. The van der Waals surface area contributed by atoms with E-state index in [4.69, 9.17) is 0 Å². The van der Waals surface area contributed by atoms with E-state index >= 15 is 0 Å². The minimum atomic E-state index is -0.0162. The fourth-order valence-corrected chi connectivity index (χ4v) is 3.25. The Morgan fingerprint density at radius 2 is 1.93 bits per heavy atom. The summed E-state index contributed by atoms with van der Waals surface area (Å²) in [7, 11) is 0. The van der Waals surface area contributed by atoms with Gasteiger partial charge in [0.1, 0.15) is 0 Å². The van der Waals surface area contributed by atoms with Crippen molar-refractivity contribution in [2.24, 2.45) is 5.92 Å². The van der Waals surface area contributed by atoms with Gasteiger partial charge in [-0.1, -0.05) is 62.7 Å². The number of imidazole rings is 1. The molecule has 3 aromatic rings. The molecule has 0 bridgehead atoms. The second-order valence-corrected chi connectivity index (χ2v) is 7.12. The van der Waals surface area contributed by atoms with E-state index in [1.807, 2.05) is 48.0 Å². The van der Waals surface area contributed by atoms with Crippen molar-refractivity contribution in [2.75, 3.05) is 0 Å². The van der Waals surface area contributed by atoms with E-state index in [9.17, 15) is 4.79 Å². The number of nitrogens with one attached hydrogen (secondary N) is 1. The average molecular weight is 361 g/mol. The number of carbonyl (C=O) groups excluding carboxylic acids is 1. The number of carbonyl (C=O) groups is 1. The molecule has 4 heteroatoms. The molecule has 2 atom stereocenters. The van der Waals surface area contributed by atoms with Crippen molar-refractivity contribution in [2.45, 2.75) is 39.8 Å². The van der Waals surface area contributed by atoms with Crippen LogP contribution in [0.25, 0.3) is 11.1 Å². The molecule has 0 unspecified atom stereocenters. The molecule has 0 saturated heterocycles. The summed E-state index contributed by atoms with van der Waals surface area (Å²) in [5.41, 5.74) is 4.00. The highest BCUT2D eigenvalue weighted by atomic mass is 16.1. The van der Waals surface area contributed by atoms with E-state index in [0.717, 1.165) is 35.2 Å². The summed E-state index contributed by atoms with van der Waals surface area (Å²) in [6.07, 6.45) is 6.50. The van der Waals surface area contributed by atoms with Crippen LogP contribution in [0.2, 0.25) is 0 Å². The Morgan fingerprint density at radius 3 is 2.56 bits per heavy atom. The SMILES string of the molecule is CC[C@H](C)[C@@H](Cn1ccnc1)NC(=O)c1ccc(-c2ccccc2)cc1C. The van der Waals surface area contributed by atoms with Crippen molar-refractivity contribution in [3.8, 4) is 11.1 Å². The molecular weight excluding hydrogens is 334 g/mol. The zero-order chi connectivity index (χ0) is 19.2. The maximum absolute atomic E-state index is 12.9. The highest BCUT2D eigenvalue weighted by molar-refractivity contribution is 5.96. The molecule has 0 fully saturated rings. The summed E-state index contributed by atoms with van der Waals surface area (Å²) in [5, 5.41) is 3.23. The summed E-state index contributed by atoms with van der Waals surface area (Å²) < 4.78 is 2.02. The molecular formula is C23H27N3O. The number of hydrogen-bond donors (Lipinski definition) is 1. The molecule has 0 aliphatic heterocycles. The van der Waals surface area contributed by atoms with Gasteiger partial charge in [0.2, 0.25) is 0 Å². The summed E-state index contributed by atoms with van der Waals surface area (Å²) in [5.74, 6) is 0.359. The number of aryl methyl sites for hydroxylation is 1. The van der Waals surface area contributed by atoms with Crippen LogP contribution in [0.4, 0.5) is 0 Å². The van der Waals surface area contributed by atoms with E-state index in [1.165, 1.54) is 0 Å². The van der Waals surface area contributed by atoms with Gasteiger partial charge in [0, 0.05) is 30.5 Å². The van der Waals surface area contributed by atoms with E-state index in [-0.39, 0.29) is 11.9 Å². The normalized spacial score (nSPS) is 13.1. The first-order chi connectivity index (χ1) is 13.1. The van der Waals surface area contributed by atoms with Gasteiger partial charge in [-0.15, -0.1) is 0 Å². The maximum Gasteiger partial charge on any atom is 0.251 e. The molecule has 0 spiro atoms. The van der Waals surface area contributed by atoms with Crippen molar-refractivity contribution in [3.05, 3.63) is 78.4 Å². The molecule has 0 aliphatic carbocycles. The minimum Gasteiger partial charge on any atom is -0.347 e. The molecule has 2 aromatic carbocycles. The lowest BCUT2D eigenvalue weighted by atomic mass is 9.97. The first-order valence-electron chi connectivity index (χ1n) is 9.51. The van der Waals surface area contributed by atoms with Crippen LogP contribution in [0.15, 0.2) is 67.3 Å². The summed E-state index contributed by atoms with van der Waals surface area (Å²) >= 11 is 0. The molecule has 0 saturated carbocycles. The fraction of sp³-hybridized carbons (Fsp3) is 0.304. The number of rotatable bonds is 7. The molecule has 1 aromatic heterocycles. The predicted octanol–water partition coefficient (Wildman–Crippen LogP) is 4.70. The van der Waals surface area contributed by atoms with Gasteiger partial charge in [0.15, 0.2) is 0 Å². The minimum absolute atomic E-state index is 0.0162. The number of nitrogens with zero attached hydrogens (tertiary/aromatic N) is 2. The maximum atomic E-state index is 12.9.